The van der Waals surface area contributed by atoms with Gasteiger partial charge in [0.2, 0.25) is 11.6 Å². The summed E-state index contributed by atoms with van der Waals surface area (Å²) >= 11 is 4.85. The number of ether oxygens (including phenoxy) is 1. The van der Waals surface area contributed by atoms with Crippen LogP contribution < -0.4 is 15.4 Å². The molecule has 1 amide bonds. The number of nitrogens with one attached hydrogen (secondary N) is 2. The van der Waals surface area contributed by atoms with Crippen molar-refractivity contribution in [2.45, 2.75) is 13.8 Å². The minimum absolute atomic E-state index is 0.130. The summed E-state index contributed by atoms with van der Waals surface area (Å²) < 4.78 is 59.6. The van der Waals surface area contributed by atoms with Crippen molar-refractivity contribution in [3.63, 3.8) is 0 Å². The Morgan fingerprint density at radius 2 is 1.63 bits per heavy atom. The molecule has 2 aromatic rings. The maximum absolute atomic E-state index is 14.0. The molecule has 0 saturated carbocycles. The van der Waals surface area contributed by atoms with Gasteiger partial charge in [-0.15, -0.1) is 0 Å². The highest BCUT2D eigenvalue weighted by Gasteiger charge is 2.30. The Morgan fingerprint density at radius 1 is 1.07 bits per heavy atom. The summed E-state index contributed by atoms with van der Waals surface area (Å²) in [6.45, 7) is 3.37. The van der Waals surface area contributed by atoms with E-state index in [0.717, 1.165) is 12.7 Å². The molecule has 0 aromatic heterocycles. The van der Waals surface area contributed by atoms with Crippen molar-refractivity contribution in [1.82, 2.24) is 5.32 Å². The number of benzene rings is 2. The van der Waals surface area contributed by atoms with E-state index in [2.05, 4.69) is 10.1 Å². The lowest BCUT2D eigenvalue weighted by Crippen LogP contribution is -2.35. The molecule has 0 saturated heterocycles. The van der Waals surface area contributed by atoms with Gasteiger partial charge in [0.1, 0.15) is 11.3 Å². The van der Waals surface area contributed by atoms with Crippen LogP contribution in [0, 0.1) is 37.1 Å². The van der Waals surface area contributed by atoms with Crippen molar-refractivity contribution in [2.75, 3.05) is 12.4 Å². The Balaban J connectivity index is 2.29. The van der Waals surface area contributed by atoms with Gasteiger partial charge in [-0.2, -0.15) is 8.78 Å². The zero-order valence-corrected chi connectivity index (χ0v) is 15.2. The zero-order valence-electron chi connectivity index (χ0n) is 14.3. The molecule has 0 unspecified atom stereocenters. The Bertz CT molecular complexity index is 922. The number of carbonyl (C=O) groups excluding carboxylic acids is 1. The number of amides is 1. The SMILES string of the molecule is COc1c(F)c(F)c(C(=O)NC(=S)Nc2cc(C)cc(C)c2O)c(F)c1F. The van der Waals surface area contributed by atoms with Gasteiger partial charge in [-0.05, 0) is 43.3 Å². The van der Waals surface area contributed by atoms with Gasteiger partial charge >= 0.3 is 0 Å². The molecule has 10 heteroatoms. The van der Waals surface area contributed by atoms with E-state index in [-0.39, 0.29) is 11.4 Å². The monoisotopic (exact) mass is 402 g/mol. The lowest BCUT2D eigenvalue weighted by Gasteiger charge is -2.14. The second kappa shape index (κ2) is 7.78. The van der Waals surface area contributed by atoms with Crippen LogP contribution in [0.15, 0.2) is 12.1 Å². The molecule has 27 heavy (non-hydrogen) atoms. The summed E-state index contributed by atoms with van der Waals surface area (Å²) in [7, 11) is 0.815. The molecule has 2 aromatic carbocycles. The molecule has 0 spiro atoms. The molecular formula is C17H14F4N2O3S. The number of hydrogen-bond acceptors (Lipinski definition) is 4. The fraction of sp³-hybridized carbons (Fsp3) is 0.176. The van der Waals surface area contributed by atoms with E-state index >= 15 is 0 Å². The quantitative estimate of drug-likeness (QED) is 0.316. The minimum atomic E-state index is -1.93. The van der Waals surface area contributed by atoms with Crippen molar-refractivity contribution < 1.29 is 32.2 Å². The molecule has 144 valence electrons. The van der Waals surface area contributed by atoms with Crippen LogP contribution in [0.3, 0.4) is 0 Å². The molecule has 0 atom stereocenters. The van der Waals surface area contributed by atoms with Gasteiger partial charge in [0.05, 0.1) is 12.8 Å². The van der Waals surface area contributed by atoms with Gasteiger partial charge in [0, 0.05) is 0 Å². The van der Waals surface area contributed by atoms with Crippen LogP contribution in [-0.2, 0) is 0 Å². The zero-order chi connectivity index (χ0) is 20.5. The molecule has 0 heterocycles. The van der Waals surface area contributed by atoms with E-state index in [4.69, 9.17) is 12.2 Å². The van der Waals surface area contributed by atoms with Crippen LogP contribution in [0.1, 0.15) is 21.5 Å². The molecule has 0 radical (unpaired) electrons. The van der Waals surface area contributed by atoms with Gasteiger partial charge in [0.15, 0.2) is 22.5 Å². The second-order valence-corrected chi connectivity index (χ2v) is 5.96. The number of rotatable bonds is 3. The molecule has 2 rings (SSSR count). The molecular weight excluding hydrogens is 388 g/mol. The fourth-order valence-electron chi connectivity index (χ4n) is 2.36. The summed E-state index contributed by atoms with van der Waals surface area (Å²) in [6.07, 6.45) is 0. The molecule has 0 aliphatic carbocycles. The predicted molar refractivity (Wildman–Crippen MR) is 94.1 cm³/mol. The summed E-state index contributed by atoms with van der Waals surface area (Å²) in [6, 6.07) is 3.20. The number of aryl methyl sites for hydroxylation is 2. The Morgan fingerprint density at radius 3 is 2.15 bits per heavy atom. The van der Waals surface area contributed by atoms with Gasteiger partial charge in [0.25, 0.3) is 5.91 Å². The maximum atomic E-state index is 14.0. The van der Waals surface area contributed by atoms with Crippen LogP contribution in [0.2, 0.25) is 0 Å². The van der Waals surface area contributed by atoms with Gasteiger partial charge in [-0.3, -0.25) is 10.1 Å². The van der Waals surface area contributed by atoms with Crippen LogP contribution in [0.5, 0.6) is 11.5 Å². The summed E-state index contributed by atoms with van der Waals surface area (Å²) in [5.41, 5.74) is -0.0910. The Labute approximate surface area is 157 Å². The van der Waals surface area contributed by atoms with Crippen molar-refractivity contribution in [2.24, 2.45) is 0 Å². The van der Waals surface area contributed by atoms with Crippen LogP contribution >= 0.6 is 12.2 Å². The largest absolute Gasteiger partial charge is 0.505 e. The number of aromatic hydroxyl groups is 1. The lowest BCUT2D eigenvalue weighted by molar-refractivity contribution is 0.0966. The fourth-order valence-corrected chi connectivity index (χ4v) is 2.57. The van der Waals surface area contributed by atoms with Crippen molar-refractivity contribution in [3.8, 4) is 11.5 Å². The number of thiocarbonyl (C=S) groups is 1. The number of carbonyl (C=O) groups is 1. The predicted octanol–water partition coefficient (Wildman–Crippen LogP) is 3.70. The average molecular weight is 402 g/mol. The third-order valence-corrected chi connectivity index (χ3v) is 3.78. The third-order valence-electron chi connectivity index (χ3n) is 3.57. The van der Waals surface area contributed by atoms with Crippen LogP contribution in [-0.4, -0.2) is 23.2 Å². The minimum Gasteiger partial charge on any atom is -0.505 e. The number of phenols is 1. The second-order valence-electron chi connectivity index (χ2n) is 5.55. The van der Waals surface area contributed by atoms with E-state index in [1.54, 1.807) is 19.9 Å². The molecule has 0 aliphatic heterocycles. The highest BCUT2D eigenvalue weighted by atomic mass is 32.1. The summed E-state index contributed by atoms with van der Waals surface area (Å²) in [4.78, 5) is 12.1. The smallest absolute Gasteiger partial charge is 0.263 e. The Hall–Kier alpha value is -2.88. The number of anilines is 1. The lowest BCUT2D eigenvalue weighted by atomic mass is 10.1. The first kappa shape index (κ1) is 20.4. The normalized spacial score (nSPS) is 10.5. The van der Waals surface area contributed by atoms with E-state index < -0.39 is 45.6 Å². The highest BCUT2D eigenvalue weighted by Crippen LogP contribution is 2.30. The van der Waals surface area contributed by atoms with E-state index in [0.29, 0.717) is 5.56 Å². The van der Waals surface area contributed by atoms with Crippen LogP contribution in [0.4, 0.5) is 23.2 Å². The maximum Gasteiger partial charge on any atom is 0.263 e. The molecule has 0 aliphatic rings. The number of methoxy groups -OCH3 is 1. The first-order chi connectivity index (χ1) is 12.6. The Kier molecular flexibility index (Phi) is 5.89. The first-order valence-electron chi connectivity index (χ1n) is 7.40. The number of halogens is 4. The average Bonchev–Trinajstić information content (AvgIpc) is 2.58. The van der Waals surface area contributed by atoms with E-state index in [9.17, 15) is 27.5 Å². The third kappa shape index (κ3) is 3.95. The van der Waals surface area contributed by atoms with Gasteiger partial charge < -0.3 is 15.2 Å². The van der Waals surface area contributed by atoms with Crippen LogP contribution in [0.25, 0.3) is 0 Å². The molecule has 3 N–H and O–H groups in total. The number of hydrogen-bond donors (Lipinski definition) is 3. The molecule has 5 nitrogen and oxygen atoms in total. The highest BCUT2D eigenvalue weighted by molar-refractivity contribution is 7.80. The number of phenolic OH excluding ortho intramolecular Hbond substituents is 1. The van der Waals surface area contributed by atoms with E-state index in [1.165, 1.54) is 6.07 Å². The van der Waals surface area contributed by atoms with Crippen molar-refractivity contribution in [1.29, 1.82) is 0 Å². The standard InChI is InChI=1S/C17H14F4N2O3S/c1-6-4-7(2)14(24)8(5-6)22-17(27)23-16(25)9-10(18)12(20)15(26-3)13(21)11(9)19/h4-5,24H,1-3H3,(H2,22,23,25,27). The summed E-state index contributed by atoms with van der Waals surface area (Å²) in [5.74, 6) is -10.5. The first-order valence-corrected chi connectivity index (χ1v) is 7.81. The summed E-state index contributed by atoms with van der Waals surface area (Å²) in [5, 5.41) is 13.9. The van der Waals surface area contributed by atoms with Crippen molar-refractivity contribution >= 4 is 28.9 Å². The van der Waals surface area contributed by atoms with E-state index in [1.807, 2.05) is 5.32 Å². The van der Waals surface area contributed by atoms with Gasteiger partial charge in [-0.25, -0.2) is 8.78 Å². The van der Waals surface area contributed by atoms with Crippen molar-refractivity contribution in [3.05, 3.63) is 52.1 Å². The van der Waals surface area contributed by atoms with Gasteiger partial charge in [-0.1, -0.05) is 6.07 Å². The molecule has 0 fully saturated rings. The molecule has 0 bridgehead atoms. The topological polar surface area (TPSA) is 70.6 Å².